The summed E-state index contributed by atoms with van der Waals surface area (Å²) in [4.78, 5) is 9.46. The van der Waals surface area contributed by atoms with Crippen LogP contribution in [0.3, 0.4) is 0 Å². The molecule has 2 nitrogen and oxygen atoms in total. The molecule has 0 fully saturated rings. The molecule has 2 aromatic carbocycles. The molecule has 0 aliphatic heterocycles. The zero-order chi connectivity index (χ0) is 20.4. The Bertz CT molecular complexity index is 1160. The topological polar surface area (TPSA) is 25.8 Å². The number of hydrogen-bond acceptors (Lipinski definition) is 2. The number of aromatic nitrogens is 2. The van der Waals surface area contributed by atoms with Gasteiger partial charge in [-0.3, -0.25) is 8.78 Å². The van der Waals surface area contributed by atoms with Crippen LogP contribution in [-0.4, -0.2) is 9.97 Å². The Morgan fingerprint density at radius 3 is 2.10 bits per heavy atom. The van der Waals surface area contributed by atoms with Crippen LogP contribution in [-0.2, 0) is 26.5 Å². The van der Waals surface area contributed by atoms with E-state index >= 15 is 0 Å². The molecule has 4 aromatic rings. The summed E-state index contributed by atoms with van der Waals surface area (Å²) < 4.78 is 27.4. The van der Waals surface area contributed by atoms with Crippen molar-refractivity contribution in [3.05, 3.63) is 108 Å². The third-order valence-electron chi connectivity index (χ3n) is 4.88. The van der Waals surface area contributed by atoms with Gasteiger partial charge in [-0.1, -0.05) is 35.9 Å². The predicted molar refractivity (Wildman–Crippen MR) is 109 cm³/mol. The predicted octanol–water partition coefficient (Wildman–Crippen LogP) is 6.01. The smallest absolute Gasteiger partial charge is 0.300 e. The van der Waals surface area contributed by atoms with E-state index in [9.17, 15) is 8.78 Å². The maximum atomic E-state index is 14.2. The second kappa shape index (κ2) is 8.97. The summed E-state index contributed by atoms with van der Waals surface area (Å²) in [5.74, 6) is -1.35. The molecule has 4 rings (SSSR count). The van der Waals surface area contributed by atoms with Crippen LogP contribution in [0.5, 0.6) is 0 Å². The van der Waals surface area contributed by atoms with E-state index in [-0.39, 0.29) is 26.6 Å². The van der Waals surface area contributed by atoms with Gasteiger partial charge in [-0.05, 0) is 37.4 Å². The first-order chi connectivity index (χ1) is 13.9. The van der Waals surface area contributed by atoms with Crippen LogP contribution in [0.1, 0.15) is 25.2 Å². The van der Waals surface area contributed by atoms with Crippen LogP contribution in [0, 0.1) is 23.8 Å². The van der Waals surface area contributed by atoms with Crippen molar-refractivity contribution in [1.82, 2.24) is 9.97 Å². The van der Waals surface area contributed by atoms with Gasteiger partial charge in [-0.25, -0.2) is 0 Å². The zero-order valence-electron chi connectivity index (χ0n) is 16.4. The van der Waals surface area contributed by atoms with Crippen LogP contribution in [0.15, 0.2) is 72.8 Å². The van der Waals surface area contributed by atoms with E-state index < -0.39 is 17.0 Å². The van der Waals surface area contributed by atoms with Gasteiger partial charge in [-0.15, -0.1) is 48.0 Å². The normalized spacial score (nSPS) is 11.1. The Labute approximate surface area is 189 Å². The van der Waals surface area contributed by atoms with Gasteiger partial charge in [0.05, 0.1) is 0 Å². The molecule has 2 aromatic heterocycles. The fraction of sp³-hybridized carbons (Fsp3) is 0.120. The minimum Gasteiger partial charge on any atom is -0.300 e. The van der Waals surface area contributed by atoms with Gasteiger partial charge in [0.1, 0.15) is 0 Å². The Balaban J connectivity index is 0.00000256. The first-order valence-electron chi connectivity index (χ1n) is 9.24. The van der Waals surface area contributed by atoms with Crippen molar-refractivity contribution in [1.29, 1.82) is 0 Å². The Morgan fingerprint density at radius 1 is 0.800 bits per heavy atom. The number of rotatable bonds is 4. The van der Waals surface area contributed by atoms with Gasteiger partial charge in [-0.2, -0.15) is 0 Å². The third-order valence-corrected chi connectivity index (χ3v) is 4.88. The summed E-state index contributed by atoms with van der Waals surface area (Å²) in [6.45, 7) is 4.04. The summed E-state index contributed by atoms with van der Waals surface area (Å²) in [7, 11) is 0. The van der Waals surface area contributed by atoms with E-state index in [0.29, 0.717) is 5.69 Å². The first kappa shape index (κ1) is 22.0. The van der Waals surface area contributed by atoms with Gasteiger partial charge >= 0.3 is 21.1 Å². The van der Waals surface area contributed by atoms with Gasteiger partial charge in [0.25, 0.3) is 0 Å². The summed E-state index contributed by atoms with van der Waals surface area (Å²) in [5, 5.41) is 0. The van der Waals surface area contributed by atoms with E-state index in [1.165, 1.54) is 0 Å². The van der Waals surface area contributed by atoms with Crippen molar-refractivity contribution in [2.24, 2.45) is 0 Å². The molecular weight excluding hydrogens is 561 g/mol. The summed E-state index contributed by atoms with van der Waals surface area (Å²) in [6, 6.07) is 26.7. The molecule has 0 radical (unpaired) electrons. The summed E-state index contributed by atoms with van der Waals surface area (Å²) in [6.07, 6.45) is 0. The molecule has 0 saturated carbocycles. The fourth-order valence-electron chi connectivity index (χ4n) is 3.18. The first-order valence-corrected chi connectivity index (χ1v) is 9.24. The van der Waals surface area contributed by atoms with Crippen molar-refractivity contribution in [2.75, 3.05) is 0 Å². The number of nitrogens with zero attached hydrogens (tertiary/aromatic N) is 2. The van der Waals surface area contributed by atoms with Crippen LogP contribution >= 0.6 is 0 Å². The number of pyridine rings is 2. The molecule has 0 amide bonds. The molecule has 30 heavy (non-hydrogen) atoms. The van der Waals surface area contributed by atoms with Crippen molar-refractivity contribution >= 4 is 0 Å². The van der Waals surface area contributed by atoms with Crippen LogP contribution in [0.4, 0.5) is 8.78 Å². The monoisotopic (exact) mass is 579 g/mol. The van der Waals surface area contributed by atoms with Crippen molar-refractivity contribution in [3.63, 3.8) is 0 Å². The van der Waals surface area contributed by atoms with Gasteiger partial charge < -0.3 is 9.97 Å². The van der Waals surface area contributed by atoms with E-state index in [0.717, 1.165) is 34.8 Å². The second-order valence-electron chi connectivity index (χ2n) is 7.26. The molecule has 0 bridgehead atoms. The van der Waals surface area contributed by atoms with Crippen LogP contribution in [0.2, 0.25) is 0 Å². The molecule has 0 aliphatic carbocycles. The van der Waals surface area contributed by atoms with E-state index in [1.807, 2.05) is 68.4 Å². The molecule has 0 atom stereocenters. The molecule has 2 heterocycles. The van der Waals surface area contributed by atoms with Gasteiger partial charge in [0.2, 0.25) is 0 Å². The minimum atomic E-state index is -0.688. The number of benzene rings is 2. The molecule has 0 N–H and O–H groups in total. The van der Waals surface area contributed by atoms with Gasteiger partial charge in [0, 0.05) is 28.4 Å². The second-order valence-corrected chi connectivity index (χ2v) is 7.26. The van der Waals surface area contributed by atoms with Gasteiger partial charge in [0.15, 0.2) is 0 Å². The molecule has 0 spiro atoms. The van der Waals surface area contributed by atoms with E-state index in [1.54, 1.807) is 6.07 Å². The van der Waals surface area contributed by atoms with E-state index in [2.05, 4.69) is 17.1 Å². The standard InChI is InChI=1S/C25H18F2N2.Pt/c1-25(2,23-12-6-10-21(28-23)17-8-4-3-5-9-17)24-13-7-11-22(29-24)19-15-14-18(26)16-20(19)27;/h3-8,10-14,16H,1-2H3;/q-2;+2. The molecule has 5 heteroatoms. The average Bonchev–Trinajstić information content (AvgIpc) is 2.74. The Kier molecular flexibility index (Phi) is 6.57. The van der Waals surface area contributed by atoms with Crippen LogP contribution in [0.25, 0.3) is 22.5 Å². The Morgan fingerprint density at radius 2 is 1.47 bits per heavy atom. The minimum absolute atomic E-state index is 0. The number of halogens is 2. The Hall–Kier alpha value is -2.71. The van der Waals surface area contributed by atoms with Crippen molar-refractivity contribution < 1.29 is 29.8 Å². The molecule has 0 saturated heterocycles. The quantitative estimate of drug-likeness (QED) is 0.277. The maximum absolute atomic E-state index is 14.2. The maximum Gasteiger partial charge on any atom is 2.00 e. The molecular formula is C25H18F2N2Pt. The molecule has 0 unspecified atom stereocenters. The summed E-state index contributed by atoms with van der Waals surface area (Å²) >= 11 is 0. The van der Waals surface area contributed by atoms with Crippen molar-refractivity contribution in [2.45, 2.75) is 19.3 Å². The fourth-order valence-corrected chi connectivity index (χ4v) is 3.18. The van der Waals surface area contributed by atoms with E-state index in [4.69, 9.17) is 4.98 Å². The SMILES string of the molecule is CC(C)(c1cccc(-c2[c-]cccc2)n1)c1cccc(-c2[c-]cc(F)cc2F)n1.[Pt+2]. The van der Waals surface area contributed by atoms with Crippen LogP contribution < -0.4 is 0 Å². The molecule has 0 aliphatic rings. The summed E-state index contributed by atoms with van der Waals surface area (Å²) in [5.41, 5.74) is 3.32. The molecule has 152 valence electrons. The van der Waals surface area contributed by atoms with Crippen molar-refractivity contribution in [3.8, 4) is 22.5 Å². The largest absolute Gasteiger partial charge is 2.00 e. The average molecular weight is 580 g/mol. The number of hydrogen-bond donors (Lipinski definition) is 0. The zero-order valence-corrected chi connectivity index (χ0v) is 18.7. The third kappa shape index (κ3) is 4.39.